The number of esters is 1. The molecule has 2 unspecified atom stereocenters. The molecule has 2 aromatic carbocycles. The predicted molar refractivity (Wildman–Crippen MR) is 151 cm³/mol. The zero-order valence-corrected chi connectivity index (χ0v) is 23.7. The van der Waals surface area contributed by atoms with Crippen molar-refractivity contribution in [2.45, 2.75) is 76.2 Å². The Morgan fingerprint density at radius 3 is 2.26 bits per heavy atom. The summed E-state index contributed by atoms with van der Waals surface area (Å²) >= 11 is 0. The van der Waals surface area contributed by atoms with Gasteiger partial charge in [-0.1, -0.05) is 45.0 Å². The number of aromatic amines is 1. The molecule has 0 saturated carbocycles. The van der Waals surface area contributed by atoms with Gasteiger partial charge in [0.2, 0.25) is 11.7 Å². The minimum absolute atomic E-state index is 0.0699. The van der Waals surface area contributed by atoms with Crippen molar-refractivity contribution in [3.8, 4) is 0 Å². The number of rotatable bonds is 6. The number of carbonyl (C=O) groups is 3. The molecular weight excluding hydrogens is 548 g/mol. The van der Waals surface area contributed by atoms with Crippen molar-refractivity contribution in [1.29, 1.82) is 0 Å². The van der Waals surface area contributed by atoms with E-state index in [-0.39, 0.29) is 5.56 Å². The molecule has 0 bridgehead atoms. The summed E-state index contributed by atoms with van der Waals surface area (Å²) in [6, 6.07) is 11.7. The quantitative estimate of drug-likeness (QED) is 0.233. The summed E-state index contributed by atoms with van der Waals surface area (Å²) in [7, 11) is 0. The van der Waals surface area contributed by atoms with Gasteiger partial charge in [-0.15, -0.1) is 0 Å². The zero-order valence-electron chi connectivity index (χ0n) is 23.7. The topological polar surface area (TPSA) is 195 Å². The number of fused-ring (bicyclic) bond motifs is 1. The van der Waals surface area contributed by atoms with E-state index in [0.717, 1.165) is 0 Å². The molecular formula is C30H34N2O10. The van der Waals surface area contributed by atoms with Crippen LogP contribution in [0.15, 0.2) is 53.5 Å². The van der Waals surface area contributed by atoms with Gasteiger partial charge in [-0.25, -0.2) is 4.79 Å². The van der Waals surface area contributed by atoms with Crippen LogP contribution in [0.5, 0.6) is 0 Å². The highest BCUT2D eigenvalue weighted by molar-refractivity contribution is 6.06. The van der Waals surface area contributed by atoms with Crippen molar-refractivity contribution in [1.82, 2.24) is 4.98 Å². The van der Waals surface area contributed by atoms with Gasteiger partial charge in [0.15, 0.2) is 6.10 Å². The first-order valence-electron chi connectivity index (χ1n) is 13.2. The Hall–Kier alpha value is -4.10. The van der Waals surface area contributed by atoms with Crippen molar-refractivity contribution >= 4 is 34.4 Å². The number of carbonyl (C=O) groups excluding carboxylic acids is 2. The molecule has 1 aliphatic heterocycles. The van der Waals surface area contributed by atoms with Gasteiger partial charge in [0.05, 0.1) is 5.41 Å². The molecule has 6 N–H and O–H groups in total. The standard InChI is InChI=1S/C30H34N2O10/c1-29(2,3)17-12-14(30(4,5)28(40)42-27-23(36)21(34)22(35)24(41-27)26(38)39)10-11-19(17)32-25(37)16-13-31-18-9-7-6-8-15(18)20(16)33/h6-13,21-24,27,34-36H,1-5H3,(H,31,33)(H,32,37)(H,38,39)/t21?,22-,23?,24-,27-/m0/s1. The highest BCUT2D eigenvalue weighted by Crippen LogP contribution is 2.36. The number of aliphatic hydroxyl groups is 3. The maximum atomic E-state index is 13.3. The lowest BCUT2D eigenvalue weighted by Gasteiger charge is -2.39. The molecule has 2 heterocycles. The SMILES string of the molecule is CC(C)(C)c1cc(C(C)(C)C(=O)O[C@@H]2O[C@H](C(=O)O)[C@@H](O)C(O)C2O)ccc1NC(=O)c1c[nH]c2ccccc2c1=O. The van der Waals surface area contributed by atoms with E-state index in [2.05, 4.69) is 10.3 Å². The van der Waals surface area contributed by atoms with E-state index in [1.54, 1.807) is 56.3 Å². The molecule has 1 fully saturated rings. The van der Waals surface area contributed by atoms with Gasteiger partial charge in [0.1, 0.15) is 23.9 Å². The van der Waals surface area contributed by atoms with Gasteiger partial charge in [-0.3, -0.25) is 14.4 Å². The summed E-state index contributed by atoms with van der Waals surface area (Å²) in [6.45, 7) is 8.79. The molecule has 0 spiro atoms. The van der Waals surface area contributed by atoms with Crippen LogP contribution in [0.2, 0.25) is 0 Å². The Kier molecular flexibility index (Phi) is 8.29. The highest BCUT2D eigenvalue weighted by atomic mass is 16.7. The van der Waals surface area contributed by atoms with E-state index in [1.165, 1.54) is 6.20 Å². The third-order valence-corrected chi connectivity index (χ3v) is 7.38. The summed E-state index contributed by atoms with van der Waals surface area (Å²) in [4.78, 5) is 53.8. The largest absolute Gasteiger partial charge is 0.479 e. The number of hydrogen-bond donors (Lipinski definition) is 6. The van der Waals surface area contributed by atoms with Crippen LogP contribution in [0.1, 0.15) is 56.1 Å². The fourth-order valence-corrected chi connectivity index (χ4v) is 4.71. The number of hydrogen-bond acceptors (Lipinski definition) is 9. The first-order valence-corrected chi connectivity index (χ1v) is 13.2. The monoisotopic (exact) mass is 582 g/mol. The second kappa shape index (κ2) is 11.3. The summed E-state index contributed by atoms with van der Waals surface area (Å²) < 4.78 is 10.4. The lowest BCUT2D eigenvalue weighted by atomic mass is 9.79. The van der Waals surface area contributed by atoms with Crippen molar-refractivity contribution in [2.75, 3.05) is 5.32 Å². The molecule has 1 amide bonds. The number of pyridine rings is 1. The molecule has 0 radical (unpaired) electrons. The number of H-pyrrole nitrogens is 1. The van der Waals surface area contributed by atoms with Crippen molar-refractivity contribution in [2.24, 2.45) is 0 Å². The Morgan fingerprint density at radius 1 is 0.952 bits per heavy atom. The number of carboxylic acid groups (broad SMARTS) is 1. The summed E-state index contributed by atoms with van der Waals surface area (Å²) in [6.07, 6.45) is -8.16. The van der Waals surface area contributed by atoms with Gasteiger partial charge in [0.25, 0.3) is 5.91 Å². The third-order valence-electron chi connectivity index (χ3n) is 7.38. The van der Waals surface area contributed by atoms with Crippen LogP contribution in [0.3, 0.4) is 0 Å². The Labute approximate surface area is 240 Å². The van der Waals surface area contributed by atoms with Crippen LogP contribution in [-0.4, -0.2) is 74.0 Å². The van der Waals surface area contributed by atoms with Crippen LogP contribution in [0, 0.1) is 0 Å². The average Bonchev–Trinajstić information content (AvgIpc) is 2.92. The third kappa shape index (κ3) is 5.79. The molecule has 1 saturated heterocycles. The first-order chi connectivity index (χ1) is 19.5. The predicted octanol–water partition coefficient (Wildman–Crippen LogP) is 1.79. The van der Waals surface area contributed by atoms with Crippen LogP contribution in [-0.2, 0) is 29.9 Å². The number of amides is 1. The van der Waals surface area contributed by atoms with Crippen LogP contribution in [0.25, 0.3) is 10.9 Å². The minimum atomic E-state index is -1.93. The fraction of sp³-hybridized carbons (Fsp3) is 0.400. The molecule has 12 nitrogen and oxygen atoms in total. The number of aromatic nitrogens is 1. The van der Waals surface area contributed by atoms with Crippen molar-refractivity contribution in [3.63, 3.8) is 0 Å². The normalized spacial score (nSPS) is 22.9. The number of anilines is 1. The van der Waals surface area contributed by atoms with E-state index < -0.39 is 64.8 Å². The van der Waals surface area contributed by atoms with Gasteiger partial charge in [-0.2, -0.15) is 0 Å². The van der Waals surface area contributed by atoms with Gasteiger partial charge < -0.3 is 40.2 Å². The first kappa shape index (κ1) is 30.8. The van der Waals surface area contributed by atoms with Crippen molar-refractivity contribution in [3.05, 3.63) is 75.6 Å². The van der Waals surface area contributed by atoms with E-state index >= 15 is 0 Å². The maximum Gasteiger partial charge on any atom is 0.335 e. The smallest absolute Gasteiger partial charge is 0.335 e. The van der Waals surface area contributed by atoms with Crippen LogP contribution in [0.4, 0.5) is 5.69 Å². The number of benzene rings is 2. The second-order valence-corrected chi connectivity index (χ2v) is 11.8. The molecule has 42 heavy (non-hydrogen) atoms. The number of carboxylic acids is 1. The molecule has 224 valence electrons. The lowest BCUT2D eigenvalue weighted by Crippen LogP contribution is -2.61. The van der Waals surface area contributed by atoms with Crippen LogP contribution < -0.4 is 10.7 Å². The van der Waals surface area contributed by atoms with Crippen LogP contribution >= 0.6 is 0 Å². The highest BCUT2D eigenvalue weighted by Gasteiger charge is 2.49. The molecule has 0 aliphatic carbocycles. The van der Waals surface area contributed by atoms with Gasteiger partial charge in [0, 0.05) is 22.8 Å². The molecule has 4 rings (SSSR count). The average molecular weight is 583 g/mol. The summed E-state index contributed by atoms with van der Waals surface area (Å²) in [5.41, 5.74) is -0.283. The van der Waals surface area contributed by atoms with Crippen molar-refractivity contribution < 1.29 is 44.3 Å². The molecule has 1 aliphatic rings. The Balaban J connectivity index is 1.61. The number of aliphatic hydroxyl groups excluding tert-OH is 3. The fourth-order valence-electron chi connectivity index (χ4n) is 4.71. The summed E-state index contributed by atoms with van der Waals surface area (Å²) in [5, 5.41) is 42.7. The number of ether oxygens (including phenoxy) is 2. The number of aliphatic carboxylic acids is 1. The van der Waals surface area contributed by atoms with Gasteiger partial charge >= 0.3 is 11.9 Å². The van der Waals surface area contributed by atoms with E-state index in [1.807, 2.05) is 20.8 Å². The summed E-state index contributed by atoms with van der Waals surface area (Å²) in [5.74, 6) is -3.12. The lowest BCUT2D eigenvalue weighted by molar-refractivity contribution is -0.287. The molecule has 12 heteroatoms. The maximum absolute atomic E-state index is 13.3. The van der Waals surface area contributed by atoms with E-state index in [9.17, 15) is 39.6 Å². The zero-order chi connectivity index (χ0) is 31.1. The van der Waals surface area contributed by atoms with Gasteiger partial charge in [-0.05, 0) is 48.6 Å². The molecule has 1 aromatic heterocycles. The Bertz CT molecular complexity index is 1590. The number of para-hydroxylation sites is 1. The Morgan fingerprint density at radius 2 is 1.62 bits per heavy atom. The molecule has 3 aromatic rings. The second-order valence-electron chi connectivity index (χ2n) is 11.8. The van der Waals surface area contributed by atoms with E-state index in [0.29, 0.717) is 27.7 Å². The van der Waals surface area contributed by atoms with E-state index in [4.69, 9.17) is 9.47 Å². The minimum Gasteiger partial charge on any atom is -0.479 e. The number of nitrogens with one attached hydrogen (secondary N) is 2. The molecule has 5 atom stereocenters.